The van der Waals surface area contributed by atoms with Crippen molar-refractivity contribution in [2.75, 3.05) is 11.4 Å². The van der Waals surface area contributed by atoms with Gasteiger partial charge < -0.3 is 4.90 Å². The quantitative estimate of drug-likeness (QED) is 0.631. The van der Waals surface area contributed by atoms with Gasteiger partial charge in [-0.2, -0.15) is 0 Å². The lowest BCUT2D eigenvalue weighted by Crippen LogP contribution is -2.20. The average Bonchev–Trinajstić information content (AvgIpc) is 2.51. The SMILES string of the molecule is CCN1c2ccc(C(C)C)cc2Sc2ccc(C(C)C)cc21. The Balaban J connectivity index is 2.09. The largest absolute Gasteiger partial charge is 0.340 e. The fraction of sp³-hybridized carbons (Fsp3) is 0.400. The van der Waals surface area contributed by atoms with Crippen molar-refractivity contribution < 1.29 is 0 Å². The molecule has 22 heavy (non-hydrogen) atoms. The maximum Gasteiger partial charge on any atom is 0.0555 e. The van der Waals surface area contributed by atoms with Crippen LogP contribution in [0.1, 0.15) is 57.6 Å². The van der Waals surface area contributed by atoms with Gasteiger partial charge in [0.1, 0.15) is 0 Å². The Morgan fingerprint density at radius 3 is 2.09 bits per heavy atom. The first-order chi connectivity index (χ1) is 10.5. The van der Waals surface area contributed by atoms with Crippen molar-refractivity contribution >= 4 is 23.1 Å². The molecule has 0 saturated carbocycles. The minimum Gasteiger partial charge on any atom is -0.340 e. The number of anilines is 2. The van der Waals surface area contributed by atoms with Crippen LogP contribution in [0.15, 0.2) is 46.2 Å². The van der Waals surface area contributed by atoms with Crippen LogP contribution in [-0.2, 0) is 0 Å². The highest BCUT2D eigenvalue weighted by atomic mass is 32.2. The summed E-state index contributed by atoms with van der Waals surface area (Å²) in [7, 11) is 0. The average molecular weight is 311 g/mol. The Kier molecular flexibility index (Phi) is 4.22. The maximum absolute atomic E-state index is 2.46. The van der Waals surface area contributed by atoms with Gasteiger partial charge in [-0.1, -0.05) is 51.6 Å². The Morgan fingerprint density at radius 2 is 1.45 bits per heavy atom. The van der Waals surface area contributed by atoms with Crippen molar-refractivity contribution in [1.82, 2.24) is 0 Å². The number of rotatable bonds is 3. The van der Waals surface area contributed by atoms with Crippen LogP contribution in [0.25, 0.3) is 0 Å². The van der Waals surface area contributed by atoms with Crippen LogP contribution >= 0.6 is 11.8 Å². The van der Waals surface area contributed by atoms with Crippen LogP contribution in [0.4, 0.5) is 11.4 Å². The van der Waals surface area contributed by atoms with Gasteiger partial charge in [-0.3, -0.25) is 0 Å². The zero-order valence-corrected chi connectivity index (χ0v) is 15.0. The summed E-state index contributed by atoms with van der Waals surface area (Å²) >= 11 is 1.91. The molecule has 0 aromatic heterocycles. The maximum atomic E-state index is 2.46. The molecule has 0 radical (unpaired) electrons. The van der Waals surface area contributed by atoms with E-state index in [1.165, 1.54) is 32.3 Å². The van der Waals surface area contributed by atoms with Gasteiger partial charge >= 0.3 is 0 Å². The lowest BCUT2D eigenvalue weighted by molar-refractivity contribution is 0.854. The predicted molar refractivity (Wildman–Crippen MR) is 97.9 cm³/mol. The number of nitrogens with zero attached hydrogens (tertiary/aromatic N) is 1. The van der Waals surface area contributed by atoms with Crippen molar-refractivity contribution in [1.29, 1.82) is 0 Å². The second-order valence-corrected chi connectivity index (χ2v) is 7.69. The van der Waals surface area contributed by atoms with Crippen LogP contribution in [0, 0.1) is 0 Å². The van der Waals surface area contributed by atoms with E-state index >= 15 is 0 Å². The predicted octanol–water partition coefficient (Wildman–Crippen LogP) is 6.56. The topological polar surface area (TPSA) is 3.24 Å². The fourth-order valence-electron chi connectivity index (χ4n) is 2.97. The normalized spacial score (nSPS) is 13.5. The summed E-state index contributed by atoms with van der Waals surface area (Å²) in [6.07, 6.45) is 0. The van der Waals surface area contributed by atoms with Crippen molar-refractivity contribution in [2.45, 2.75) is 56.2 Å². The number of hydrogen-bond donors (Lipinski definition) is 0. The van der Waals surface area contributed by atoms with Crippen molar-refractivity contribution in [3.63, 3.8) is 0 Å². The van der Waals surface area contributed by atoms with Crippen LogP contribution in [0.2, 0.25) is 0 Å². The molecule has 0 saturated heterocycles. The van der Waals surface area contributed by atoms with Crippen molar-refractivity contribution in [2.24, 2.45) is 0 Å². The molecule has 0 bridgehead atoms. The van der Waals surface area contributed by atoms with Gasteiger partial charge in [0.2, 0.25) is 0 Å². The summed E-state index contributed by atoms with van der Waals surface area (Å²) in [6.45, 7) is 12.3. The van der Waals surface area contributed by atoms with Gasteiger partial charge in [-0.05, 0) is 54.2 Å². The standard InChI is InChI=1S/C20H25NS/c1-6-21-17-9-7-16(14(4)5)12-20(17)22-19-10-8-15(13(2)3)11-18(19)21/h7-14H,6H2,1-5H3. The van der Waals surface area contributed by atoms with Gasteiger partial charge in [0.15, 0.2) is 0 Å². The summed E-state index contributed by atoms with van der Waals surface area (Å²) in [4.78, 5) is 5.22. The third-order valence-electron chi connectivity index (χ3n) is 4.42. The van der Waals surface area contributed by atoms with E-state index in [1.807, 2.05) is 11.8 Å². The molecule has 0 aliphatic carbocycles. The van der Waals surface area contributed by atoms with E-state index in [2.05, 4.69) is 75.9 Å². The molecule has 0 N–H and O–H groups in total. The summed E-state index contributed by atoms with van der Waals surface area (Å²) in [6, 6.07) is 13.9. The molecular weight excluding hydrogens is 286 g/mol. The van der Waals surface area contributed by atoms with E-state index < -0.39 is 0 Å². The molecule has 0 fully saturated rings. The molecule has 0 atom stereocenters. The van der Waals surface area contributed by atoms with E-state index in [0.29, 0.717) is 11.8 Å². The lowest BCUT2D eigenvalue weighted by atomic mass is 10.0. The fourth-order valence-corrected chi connectivity index (χ4v) is 4.10. The number of benzene rings is 2. The molecule has 2 aromatic rings. The third-order valence-corrected chi connectivity index (χ3v) is 5.53. The lowest BCUT2D eigenvalue weighted by Gasteiger charge is -2.33. The highest BCUT2D eigenvalue weighted by Gasteiger charge is 2.23. The van der Waals surface area contributed by atoms with Crippen molar-refractivity contribution in [3.8, 4) is 0 Å². The first-order valence-corrected chi connectivity index (χ1v) is 9.06. The van der Waals surface area contributed by atoms with E-state index in [0.717, 1.165) is 6.54 Å². The zero-order valence-electron chi connectivity index (χ0n) is 14.2. The Bertz CT molecular complexity index is 688. The van der Waals surface area contributed by atoms with E-state index in [4.69, 9.17) is 0 Å². The number of fused-ring (bicyclic) bond motifs is 2. The second-order valence-electron chi connectivity index (χ2n) is 6.61. The third kappa shape index (κ3) is 2.65. The smallest absolute Gasteiger partial charge is 0.0555 e. The van der Waals surface area contributed by atoms with Crippen LogP contribution in [0.3, 0.4) is 0 Å². The van der Waals surface area contributed by atoms with Crippen LogP contribution in [-0.4, -0.2) is 6.54 Å². The zero-order chi connectivity index (χ0) is 15.9. The van der Waals surface area contributed by atoms with Gasteiger partial charge in [-0.15, -0.1) is 0 Å². The Hall–Kier alpha value is -1.41. The Morgan fingerprint density at radius 1 is 0.818 bits per heavy atom. The molecule has 1 aliphatic heterocycles. The second kappa shape index (κ2) is 6.00. The van der Waals surface area contributed by atoms with Crippen molar-refractivity contribution in [3.05, 3.63) is 47.5 Å². The molecule has 2 heteroatoms. The first kappa shape index (κ1) is 15.5. The van der Waals surface area contributed by atoms with Gasteiger partial charge in [0.05, 0.1) is 11.4 Å². The molecule has 3 rings (SSSR count). The molecule has 2 aromatic carbocycles. The monoisotopic (exact) mass is 311 g/mol. The highest BCUT2D eigenvalue weighted by Crippen LogP contribution is 2.49. The van der Waals surface area contributed by atoms with Gasteiger partial charge in [-0.25, -0.2) is 0 Å². The molecule has 0 spiro atoms. The molecule has 1 heterocycles. The highest BCUT2D eigenvalue weighted by molar-refractivity contribution is 7.99. The summed E-state index contributed by atoms with van der Waals surface area (Å²) in [5, 5.41) is 0. The van der Waals surface area contributed by atoms with Gasteiger partial charge in [0.25, 0.3) is 0 Å². The molecule has 0 amide bonds. The number of hydrogen-bond acceptors (Lipinski definition) is 2. The summed E-state index contributed by atoms with van der Waals surface area (Å²) < 4.78 is 0. The minimum absolute atomic E-state index is 0.568. The van der Waals surface area contributed by atoms with E-state index in [-0.39, 0.29) is 0 Å². The van der Waals surface area contributed by atoms with E-state index in [9.17, 15) is 0 Å². The van der Waals surface area contributed by atoms with Gasteiger partial charge in [0, 0.05) is 16.3 Å². The molecule has 0 unspecified atom stereocenters. The van der Waals surface area contributed by atoms with Crippen LogP contribution in [0.5, 0.6) is 0 Å². The first-order valence-electron chi connectivity index (χ1n) is 8.24. The minimum atomic E-state index is 0.568. The van der Waals surface area contributed by atoms with Crippen LogP contribution < -0.4 is 4.90 Å². The molecule has 116 valence electrons. The summed E-state index contributed by atoms with van der Waals surface area (Å²) in [5.41, 5.74) is 5.55. The molecular formula is C20H25NS. The summed E-state index contributed by atoms with van der Waals surface area (Å²) in [5.74, 6) is 1.14. The van der Waals surface area contributed by atoms with E-state index in [1.54, 1.807) is 0 Å². The Labute approximate surface area is 138 Å². The molecule has 1 aliphatic rings. The molecule has 1 nitrogen and oxygen atoms in total.